The first-order chi connectivity index (χ1) is 9.51. The van der Waals surface area contributed by atoms with Crippen molar-refractivity contribution >= 4 is 17.1 Å². The molecule has 1 saturated heterocycles. The number of hydrogen-bond donors (Lipinski definition) is 5. The van der Waals surface area contributed by atoms with Gasteiger partial charge in [0, 0.05) is 6.42 Å². The molecule has 108 valence electrons. The molecule has 0 aliphatic carbocycles. The number of fused-ring (bicyclic) bond motifs is 1. The standard InChI is InChI=1S/C10H13N5O5/c11-9-13-7-6(8(18)14-9)12-10(19)15(7)5-1-3(17)4(2-16)20-5/h3-5,16-17H,1-2H2,(H,12,19)(H3,11,13,14,18)/t3-,4-,5?/m1/s1. The summed E-state index contributed by atoms with van der Waals surface area (Å²) in [6.45, 7) is -0.370. The summed E-state index contributed by atoms with van der Waals surface area (Å²) in [5.41, 5.74) is 4.32. The first kappa shape index (κ1) is 12.8. The predicted molar refractivity (Wildman–Crippen MR) is 67.0 cm³/mol. The van der Waals surface area contributed by atoms with E-state index in [1.165, 1.54) is 0 Å². The second-order valence-corrected chi connectivity index (χ2v) is 4.56. The maximum atomic E-state index is 11.9. The SMILES string of the molecule is Nc1nc2c([nH]c(=O)n2C2C[C@@H](O)[C@@H](CO)O2)c(=O)[nH]1. The van der Waals surface area contributed by atoms with E-state index in [1.807, 2.05) is 0 Å². The van der Waals surface area contributed by atoms with Crippen molar-refractivity contribution in [2.75, 3.05) is 12.3 Å². The molecule has 0 aromatic carbocycles. The quantitative estimate of drug-likeness (QED) is 0.412. The van der Waals surface area contributed by atoms with E-state index in [-0.39, 0.29) is 30.1 Å². The Balaban J connectivity index is 2.15. The molecule has 20 heavy (non-hydrogen) atoms. The van der Waals surface area contributed by atoms with E-state index in [4.69, 9.17) is 15.6 Å². The van der Waals surface area contributed by atoms with Crippen molar-refractivity contribution in [1.29, 1.82) is 0 Å². The van der Waals surface area contributed by atoms with Gasteiger partial charge >= 0.3 is 5.69 Å². The highest BCUT2D eigenvalue weighted by Gasteiger charge is 2.36. The lowest BCUT2D eigenvalue weighted by molar-refractivity contribution is -0.0441. The lowest BCUT2D eigenvalue weighted by atomic mass is 10.2. The van der Waals surface area contributed by atoms with Crippen molar-refractivity contribution in [3.63, 3.8) is 0 Å². The number of aliphatic hydroxyl groups is 2. The number of nitrogens with two attached hydrogens (primary N) is 1. The van der Waals surface area contributed by atoms with E-state index >= 15 is 0 Å². The van der Waals surface area contributed by atoms with Crippen LogP contribution in [0, 0.1) is 0 Å². The molecule has 1 aliphatic heterocycles. The highest BCUT2D eigenvalue weighted by Crippen LogP contribution is 2.28. The number of H-pyrrole nitrogens is 2. The maximum Gasteiger partial charge on any atom is 0.329 e. The zero-order chi connectivity index (χ0) is 14.4. The van der Waals surface area contributed by atoms with Crippen LogP contribution in [-0.4, -0.2) is 48.5 Å². The largest absolute Gasteiger partial charge is 0.394 e. The summed E-state index contributed by atoms with van der Waals surface area (Å²) in [4.78, 5) is 32.2. The van der Waals surface area contributed by atoms with Crippen LogP contribution in [-0.2, 0) is 4.74 Å². The van der Waals surface area contributed by atoms with Crippen molar-refractivity contribution in [2.45, 2.75) is 24.9 Å². The number of nitrogen functional groups attached to an aromatic ring is 1. The molecular weight excluding hydrogens is 270 g/mol. The third kappa shape index (κ3) is 1.81. The van der Waals surface area contributed by atoms with Crippen LogP contribution in [0.4, 0.5) is 5.95 Å². The van der Waals surface area contributed by atoms with E-state index in [9.17, 15) is 14.7 Å². The first-order valence-corrected chi connectivity index (χ1v) is 5.95. The molecule has 3 heterocycles. The van der Waals surface area contributed by atoms with Gasteiger partial charge in [0.25, 0.3) is 5.56 Å². The number of nitrogens with one attached hydrogen (secondary N) is 2. The number of rotatable bonds is 2. The average Bonchev–Trinajstić information content (AvgIpc) is 2.89. The third-order valence-corrected chi connectivity index (χ3v) is 3.27. The van der Waals surface area contributed by atoms with Gasteiger partial charge in [0.15, 0.2) is 11.2 Å². The van der Waals surface area contributed by atoms with E-state index in [2.05, 4.69) is 15.0 Å². The molecule has 0 bridgehead atoms. The molecule has 10 heteroatoms. The molecule has 1 unspecified atom stereocenters. The van der Waals surface area contributed by atoms with E-state index in [0.29, 0.717) is 0 Å². The van der Waals surface area contributed by atoms with Gasteiger partial charge in [-0.15, -0.1) is 0 Å². The van der Waals surface area contributed by atoms with Crippen molar-refractivity contribution in [1.82, 2.24) is 19.5 Å². The van der Waals surface area contributed by atoms with Gasteiger partial charge in [-0.25, -0.2) is 9.36 Å². The number of anilines is 1. The van der Waals surface area contributed by atoms with Gasteiger partial charge in [-0.1, -0.05) is 0 Å². The molecule has 1 aliphatic rings. The summed E-state index contributed by atoms with van der Waals surface area (Å²) in [6.07, 6.45) is -2.40. The van der Waals surface area contributed by atoms with Crippen LogP contribution in [0.1, 0.15) is 12.6 Å². The second-order valence-electron chi connectivity index (χ2n) is 4.56. The lowest BCUT2D eigenvalue weighted by Gasteiger charge is -2.12. The van der Waals surface area contributed by atoms with Crippen LogP contribution in [0.5, 0.6) is 0 Å². The number of imidazole rings is 1. The number of aliphatic hydroxyl groups excluding tert-OH is 2. The van der Waals surface area contributed by atoms with Crippen LogP contribution < -0.4 is 17.0 Å². The fourth-order valence-electron chi connectivity index (χ4n) is 2.33. The van der Waals surface area contributed by atoms with Crippen LogP contribution in [0.2, 0.25) is 0 Å². The van der Waals surface area contributed by atoms with Gasteiger partial charge in [0.1, 0.15) is 12.3 Å². The number of hydrogen-bond acceptors (Lipinski definition) is 7. The summed E-state index contributed by atoms with van der Waals surface area (Å²) >= 11 is 0. The average molecular weight is 283 g/mol. The Morgan fingerprint density at radius 3 is 2.85 bits per heavy atom. The summed E-state index contributed by atoms with van der Waals surface area (Å²) in [5, 5.41) is 18.8. The summed E-state index contributed by atoms with van der Waals surface area (Å²) in [7, 11) is 0. The minimum atomic E-state index is -0.902. The van der Waals surface area contributed by atoms with Crippen molar-refractivity contribution < 1.29 is 14.9 Å². The number of aromatic amines is 2. The van der Waals surface area contributed by atoms with Crippen molar-refractivity contribution in [2.24, 2.45) is 0 Å². The first-order valence-electron chi connectivity index (χ1n) is 5.95. The fraction of sp³-hybridized carbons (Fsp3) is 0.500. The summed E-state index contributed by atoms with van der Waals surface area (Å²) < 4.78 is 6.50. The highest BCUT2D eigenvalue weighted by molar-refractivity contribution is 5.70. The minimum Gasteiger partial charge on any atom is -0.394 e. The Morgan fingerprint density at radius 1 is 1.45 bits per heavy atom. The smallest absolute Gasteiger partial charge is 0.329 e. The molecule has 3 atom stereocenters. The van der Waals surface area contributed by atoms with Gasteiger partial charge in [0.05, 0.1) is 12.7 Å². The van der Waals surface area contributed by atoms with Gasteiger partial charge in [-0.3, -0.25) is 14.8 Å². The number of ether oxygens (including phenoxy) is 1. The Morgan fingerprint density at radius 2 is 2.20 bits per heavy atom. The van der Waals surface area contributed by atoms with Gasteiger partial charge in [-0.05, 0) is 0 Å². The molecule has 0 spiro atoms. The Bertz CT molecular complexity index is 761. The van der Waals surface area contributed by atoms with Crippen LogP contribution in [0.15, 0.2) is 9.59 Å². The molecule has 3 rings (SSSR count). The van der Waals surface area contributed by atoms with Gasteiger partial charge < -0.3 is 20.7 Å². The van der Waals surface area contributed by atoms with Crippen molar-refractivity contribution in [3.05, 3.63) is 20.8 Å². The minimum absolute atomic E-state index is 0.0188. The van der Waals surface area contributed by atoms with Crippen molar-refractivity contribution in [3.8, 4) is 0 Å². The number of nitrogens with zero attached hydrogens (tertiary/aromatic N) is 2. The second kappa shape index (κ2) is 4.44. The van der Waals surface area contributed by atoms with Crippen LogP contribution >= 0.6 is 0 Å². The van der Waals surface area contributed by atoms with Crippen LogP contribution in [0.3, 0.4) is 0 Å². The topological polar surface area (TPSA) is 159 Å². The lowest BCUT2D eigenvalue weighted by Crippen LogP contribution is -2.25. The fourth-order valence-corrected chi connectivity index (χ4v) is 2.33. The molecule has 1 fully saturated rings. The normalized spacial score (nSPS) is 26.4. The predicted octanol–water partition coefficient (Wildman–Crippen LogP) is -2.36. The molecule has 0 saturated carbocycles. The zero-order valence-electron chi connectivity index (χ0n) is 10.2. The Labute approximate surface area is 110 Å². The van der Waals surface area contributed by atoms with E-state index in [0.717, 1.165) is 4.57 Å². The summed E-state index contributed by atoms with van der Waals surface area (Å²) in [6, 6.07) is 0. The molecule has 6 N–H and O–H groups in total. The molecule has 0 amide bonds. The third-order valence-electron chi connectivity index (χ3n) is 3.27. The van der Waals surface area contributed by atoms with Gasteiger partial charge in [0.2, 0.25) is 5.95 Å². The molecule has 2 aromatic heterocycles. The molecule has 10 nitrogen and oxygen atoms in total. The monoisotopic (exact) mass is 283 g/mol. The molecule has 2 aromatic rings. The number of aromatic nitrogens is 4. The zero-order valence-corrected chi connectivity index (χ0v) is 10.2. The maximum absolute atomic E-state index is 11.9. The highest BCUT2D eigenvalue weighted by atomic mass is 16.5. The Kier molecular flexibility index (Phi) is 2.85. The van der Waals surface area contributed by atoms with E-state index < -0.39 is 29.7 Å². The molecular formula is C10H13N5O5. The molecule has 0 radical (unpaired) electrons. The summed E-state index contributed by atoms with van der Waals surface area (Å²) in [5.74, 6) is -0.132. The van der Waals surface area contributed by atoms with Crippen LogP contribution in [0.25, 0.3) is 11.2 Å². The van der Waals surface area contributed by atoms with E-state index in [1.54, 1.807) is 0 Å². The Hall–Kier alpha value is -2.17. The van der Waals surface area contributed by atoms with Gasteiger partial charge in [-0.2, -0.15) is 4.98 Å².